The van der Waals surface area contributed by atoms with Crippen LogP contribution in [0.4, 0.5) is 13.2 Å². The number of nitrogens with zero attached hydrogens (tertiary/aromatic N) is 1. The maximum absolute atomic E-state index is 12.3. The predicted octanol–water partition coefficient (Wildman–Crippen LogP) is 2.08. The summed E-state index contributed by atoms with van der Waals surface area (Å²) >= 11 is 0. The quantitative estimate of drug-likeness (QED) is 0.844. The Bertz CT molecular complexity index is 657. The van der Waals surface area contributed by atoms with Crippen LogP contribution in [0.1, 0.15) is 18.4 Å². The minimum absolute atomic E-state index is 0.0306. The third kappa shape index (κ3) is 4.12. The minimum Gasteiger partial charge on any atom is -0.406 e. The lowest BCUT2D eigenvalue weighted by molar-refractivity contribution is -0.274. The molecule has 5 nitrogen and oxygen atoms in total. The monoisotopic (exact) mass is 337 g/mol. The van der Waals surface area contributed by atoms with Gasteiger partial charge in [0.05, 0.1) is 5.75 Å². The van der Waals surface area contributed by atoms with Gasteiger partial charge in [-0.2, -0.15) is 0 Å². The first kappa shape index (κ1) is 16.6. The van der Waals surface area contributed by atoms with Crippen molar-refractivity contribution in [3.63, 3.8) is 0 Å². The lowest BCUT2D eigenvalue weighted by atomic mass is 10.1. The van der Waals surface area contributed by atoms with Crippen molar-refractivity contribution in [3.8, 4) is 5.75 Å². The van der Waals surface area contributed by atoms with Gasteiger partial charge in [0.1, 0.15) is 5.75 Å². The molecule has 1 fully saturated rings. The number of hydrogen-bond donors (Lipinski definition) is 0. The van der Waals surface area contributed by atoms with Gasteiger partial charge in [0.2, 0.25) is 15.9 Å². The Morgan fingerprint density at radius 2 is 1.95 bits per heavy atom. The molecule has 122 valence electrons. The van der Waals surface area contributed by atoms with Gasteiger partial charge >= 0.3 is 6.36 Å². The summed E-state index contributed by atoms with van der Waals surface area (Å²) < 4.78 is 64.8. The van der Waals surface area contributed by atoms with Crippen LogP contribution >= 0.6 is 0 Å². The van der Waals surface area contributed by atoms with E-state index < -0.39 is 22.3 Å². The second kappa shape index (κ2) is 6.15. The molecule has 1 aliphatic heterocycles. The highest BCUT2D eigenvalue weighted by Gasteiger charge is 2.33. The summed E-state index contributed by atoms with van der Waals surface area (Å²) in [6.45, 7) is 0.127. The van der Waals surface area contributed by atoms with Crippen LogP contribution in [-0.2, 0) is 21.2 Å². The lowest BCUT2D eigenvalue weighted by Gasteiger charge is -2.16. The number of para-hydroxylation sites is 1. The Morgan fingerprint density at radius 1 is 1.27 bits per heavy atom. The SMILES string of the molecule is O=C(CCc1ccccc1OC(F)(F)F)N1CCCS1(=O)=O. The topological polar surface area (TPSA) is 63.7 Å². The smallest absolute Gasteiger partial charge is 0.406 e. The van der Waals surface area contributed by atoms with Gasteiger partial charge in [0.15, 0.2) is 0 Å². The largest absolute Gasteiger partial charge is 0.573 e. The third-order valence-electron chi connectivity index (χ3n) is 3.18. The molecule has 1 amide bonds. The average Bonchev–Trinajstić information content (AvgIpc) is 2.75. The number of sulfonamides is 1. The summed E-state index contributed by atoms with van der Waals surface area (Å²) in [4.78, 5) is 11.9. The zero-order valence-electron chi connectivity index (χ0n) is 11.5. The average molecular weight is 337 g/mol. The molecule has 1 aliphatic rings. The van der Waals surface area contributed by atoms with Gasteiger partial charge in [0, 0.05) is 13.0 Å². The molecule has 0 radical (unpaired) electrons. The molecular weight excluding hydrogens is 323 g/mol. The van der Waals surface area contributed by atoms with E-state index in [2.05, 4.69) is 4.74 Å². The van der Waals surface area contributed by atoms with Crippen molar-refractivity contribution in [2.75, 3.05) is 12.3 Å². The predicted molar refractivity (Wildman–Crippen MR) is 71.6 cm³/mol. The Morgan fingerprint density at radius 3 is 2.55 bits per heavy atom. The fourth-order valence-corrected chi connectivity index (χ4v) is 3.74. The Labute approximate surface area is 125 Å². The molecule has 1 aromatic rings. The van der Waals surface area contributed by atoms with Crippen LogP contribution < -0.4 is 4.74 Å². The standard InChI is InChI=1S/C13H14F3NO4S/c14-13(15,16)21-11-5-2-1-4-10(11)6-7-12(18)17-8-3-9-22(17,19)20/h1-2,4-5H,3,6-9H2. The third-order valence-corrected chi connectivity index (χ3v) is 5.05. The fourth-order valence-electron chi connectivity index (χ4n) is 2.22. The second-order valence-electron chi connectivity index (χ2n) is 4.79. The van der Waals surface area contributed by atoms with E-state index in [1.165, 1.54) is 18.2 Å². The Hall–Kier alpha value is -1.77. The van der Waals surface area contributed by atoms with Gasteiger partial charge in [-0.3, -0.25) is 4.79 Å². The number of benzene rings is 1. The van der Waals surface area contributed by atoms with Crippen molar-refractivity contribution >= 4 is 15.9 Å². The van der Waals surface area contributed by atoms with E-state index in [0.717, 1.165) is 10.4 Å². The number of halogens is 3. The van der Waals surface area contributed by atoms with E-state index in [-0.39, 0.29) is 36.5 Å². The van der Waals surface area contributed by atoms with E-state index in [1.807, 2.05) is 0 Å². The molecule has 1 heterocycles. The number of rotatable bonds is 4. The van der Waals surface area contributed by atoms with Crippen molar-refractivity contribution < 1.29 is 31.1 Å². The first-order chi connectivity index (χ1) is 10.2. The number of carbonyl (C=O) groups is 1. The van der Waals surface area contributed by atoms with Crippen molar-refractivity contribution in [1.29, 1.82) is 0 Å². The summed E-state index contributed by atoms with van der Waals surface area (Å²) in [6.07, 6.45) is -4.67. The van der Waals surface area contributed by atoms with Gasteiger partial charge in [-0.1, -0.05) is 18.2 Å². The molecule has 0 aromatic heterocycles. The second-order valence-corrected chi connectivity index (χ2v) is 6.80. The fraction of sp³-hybridized carbons (Fsp3) is 0.462. The zero-order valence-corrected chi connectivity index (χ0v) is 12.3. The Balaban J connectivity index is 2.04. The maximum atomic E-state index is 12.3. The van der Waals surface area contributed by atoms with Crippen molar-refractivity contribution in [3.05, 3.63) is 29.8 Å². The van der Waals surface area contributed by atoms with Crippen LogP contribution in [0, 0.1) is 0 Å². The van der Waals surface area contributed by atoms with Gasteiger partial charge in [-0.25, -0.2) is 12.7 Å². The molecule has 0 bridgehead atoms. The molecule has 0 saturated carbocycles. The van der Waals surface area contributed by atoms with Crippen LogP contribution in [0.5, 0.6) is 5.75 Å². The molecule has 0 unspecified atom stereocenters. The van der Waals surface area contributed by atoms with Crippen LogP contribution in [-0.4, -0.2) is 37.3 Å². The lowest BCUT2D eigenvalue weighted by Crippen LogP contribution is -2.32. The van der Waals surface area contributed by atoms with E-state index >= 15 is 0 Å². The highest BCUT2D eigenvalue weighted by Crippen LogP contribution is 2.27. The van der Waals surface area contributed by atoms with E-state index in [1.54, 1.807) is 0 Å². The number of amides is 1. The molecule has 22 heavy (non-hydrogen) atoms. The molecule has 9 heteroatoms. The van der Waals surface area contributed by atoms with Crippen LogP contribution in [0.15, 0.2) is 24.3 Å². The van der Waals surface area contributed by atoms with Gasteiger partial charge < -0.3 is 4.74 Å². The number of carbonyl (C=O) groups excluding carboxylic acids is 1. The highest BCUT2D eigenvalue weighted by atomic mass is 32.2. The first-order valence-corrected chi connectivity index (χ1v) is 8.17. The molecular formula is C13H14F3NO4S. The maximum Gasteiger partial charge on any atom is 0.573 e. The minimum atomic E-state index is -4.82. The highest BCUT2D eigenvalue weighted by molar-refractivity contribution is 7.89. The van der Waals surface area contributed by atoms with E-state index in [0.29, 0.717) is 6.42 Å². The molecule has 0 N–H and O–H groups in total. The van der Waals surface area contributed by atoms with Gasteiger partial charge in [-0.15, -0.1) is 13.2 Å². The zero-order chi connectivity index (χ0) is 16.4. The molecule has 0 atom stereocenters. The summed E-state index contributed by atoms with van der Waals surface area (Å²) in [5.41, 5.74) is 0.199. The Kier molecular flexibility index (Phi) is 4.64. The van der Waals surface area contributed by atoms with E-state index in [9.17, 15) is 26.4 Å². The van der Waals surface area contributed by atoms with Crippen LogP contribution in [0.2, 0.25) is 0 Å². The van der Waals surface area contributed by atoms with Gasteiger partial charge in [-0.05, 0) is 24.5 Å². The van der Waals surface area contributed by atoms with E-state index in [4.69, 9.17) is 0 Å². The summed E-state index contributed by atoms with van der Waals surface area (Å²) in [5, 5.41) is 0. The van der Waals surface area contributed by atoms with Crippen molar-refractivity contribution in [2.24, 2.45) is 0 Å². The molecule has 0 aliphatic carbocycles. The molecule has 1 aromatic carbocycles. The summed E-state index contributed by atoms with van der Waals surface area (Å²) in [7, 11) is -3.56. The number of alkyl halides is 3. The number of aryl methyl sites for hydroxylation is 1. The molecule has 1 saturated heterocycles. The van der Waals surface area contributed by atoms with Crippen LogP contribution in [0.3, 0.4) is 0 Å². The van der Waals surface area contributed by atoms with Crippen molar-refractivity contribution in [2.45, 2.75) is 25.6 Å². The normalized spacial score (nSPS) is 17.5. The van der Waals surface area contributed by atoms with Gasteiger partial charge in [0.25, 0.3) is 0 Å². The summed E-state index contributed by atoms with van der Waals surface area (Å²) in [5.74, 6) is -1.07. The number of ether oxygens (including phenoxy) is 1. The number of hydrogen-bond acceptors (Lipinski definition) is 4. The molecule has 2 rings (SSSR count). The molecule has 0 spiro atoms. The first-order valence-electron chi connectivity index (χ1n) is 6.56. The van der Waals surface area contributed by atoms with Crippen LogP contribution in [0.25, 0.3) is 0 Å². The van der Waals surface area contributed by atoms with Crippen molar-refractivity contribution in [1.82, 2.24) is 4.31 Å². The summed E-state index contributed by atoms with van der Waals surface area (Å²) in [6, 6.07) is 5.47.